The molecule has 1 nitrogen and oxygen atoms in total. The highest BCUT2D eigenvalue weighted by molar-refractivity contribution is 5.15. The van der Waals surface area contributed by atoms with Crippen LogP contribution in [0.3, 0.4) is 0 Å². The normalized spacial score (nSPS) is 12.3. The highest BCUT2D eigenvalue weighted by Gasteiger charge is 2.07. The molecule has 0 amide bonds. The summed E-state index contributed by atoms with van der Waals surface area (Å²) in [5.74, 6) is 0. The second kappa shape index (κ2) is 20.5. The zero-order valence-corrected chi connectivity index (χ0v) is 19.8. The van der Waals surface area contributed by atoms with Crippen molar-refractivity contribution in [2.24, 2.45) is 0 Å². The average molecular weight is 403 g/mol. The summed E-state index contributed by atoms with van der Waals surface area (Å²) in [7, 11) is 0. The summed E-state index contributed by atoms with van der Waals surface area (Å²) in [6.07, 6.45) is 25.3. The Kier molecular flexibility index (Phi) is 18.5. The molecule has 0 saturated carbocycles. The zero-order valence-electron chi connectivity index (χ0n) is 19.8. The van der Waals surface area contributed by atoms with E-state index in [1.165, 1.54) is 108 Å². The molecule has 0 aliphatic rings. The Hall–Kier alpha value is -0.820. The first-order chi connectivity index (χ1) is 14.4. The number of ether oxygens (including phenoxy) is 1. The van der Waals surface area contributed by atoms with Crippen LogP contribution in [0.5, 0.6) is 0 Å². The Balaban J connectivity index is 1.79. The van der Waals surface area contributed by atoms with Gasteiger partial charge in [0.25, 0.3) is 0 Å². The minimum Gasteiger partial charge on any atom is -0.378 e. The van der Waals surface area contributed by atoms with Crippen molar-refractivity contribution in [3.05, 3.63) is 35.9 Å². The molecule has 0 spiro atoms. The summed E-state index contributed by atoms with van der Waals surface area (Å²) in [6.45, 7) is 5.47. The maximum atomic E-state index is 6.11. The van der Waals surface area contributed by atoms with E-state index in [0.29, 0.717) is 6.10 Å². The second-order valence-corrected chi connectivity index (χ2v) is 8.89. The summed E-state index contributed by atoms with van der Waals surface area (Å²) < 4.78 is 6.11. The molecular formula is C28H50O. The van der Waals surface area contributed by atoms with E-state index in [0.717, 1.165) is 19.4 Å². The predicted octanol–water partition coefficient (Wildman–Crippen LogP) is 9.29. The van der Waals surface area contributed by atoms with Crippen LogP contribution in [0, 0.1) is 0 Å². The highest BCUT2D eigenvalue weighted by Crippen LogP contribution is 2.14. The van der Waals surface area contributed by atoms with Gasteiger partial charge in [-0.15, -0.1) is 0 Å². The van der Waals surface area contributed by atoms with Gasteiger partial charge in [0.2, 0.25) is 0 Å². The van der Waals surface area contributed by atoms with Gasteiger partial charge in [-0.1, -0.05) is 140 Å². The van der Waals surface area contributed by atoms with Crippen molar-refractivity contribution < 1.29 is 4.74 Å². The molecule has 0 aromatic heterocycles. The molecule has 1 unspecified atom stereocenters. The van der Waals surface area contributed by atoms with E-state index < -0.39 is 0 Å². The molecule has 168 valence electrons. The monoisotopic (exact) mass is 402 g/mol. The van der Waals surface area contributed by atoms with Crippen molar-refractivity contribution in [2.45, 2.75) is 136 Å². The fourth-order valence-electron chi connectivity index (χ4n) is 4.10. The minimum atomic E-state index is 0.383. The molecule has 0 saturated heterocycles. The number of unbranched alkanes of at least 4 members (excludes halogenated alkanes) is 15. The molecule has 0 aliphatic carbocycles. The van der Waals surface area contributed by atoms with Gasteiger partial charge in [0.1, 0.15) is 0 Å². The van der Waals surface area contributed by atoms with Crippen LogP contribution in [0.2, 0.25) is 0 Å². The lowest BCUT2D eigenvalue weighted by molar-refractivity contribution is 0.0484. The lowest BCUT2D eigenvalue weighted by Crippen LogP contribution is -2.15. The summed E-state index contributed by atoms with van der Waals surface area (Å²) in [5.41, 5.74) is 1.39. The van der Waals surface area contributed by atoms with E-state index in [2.05, 4.69) is 44.2 Å². The molecule has 1 atom stereocenters. The van der Waals surface area contributed by atoms with Crippen LogP contribution in [0.1, 0.15) is 129 Å². The van der Waals surface area contributed by atoms with Crippen molar-refractivity contribution in [2.75, 3.05) is 6.61 Å². The van der Waals surface area contributed by atoms with Gasteiger partial charge in [-0.3, -0.25) is 0 Å². The molecule has 0 N–H and O–H groups in total. The van der Waals surface area contributed by atoms with Crippen LogP contribution >= 0.6 is 0 Å². The van der Waals surface area contributed by atoms with Gasteiger partial charge in [0.05, 0.1) is 6.10 Å². The summed E-state index contributed by atoms with van der Waals surface area (Å²) in [4.78, 5) is 0. The van der Waals surface area contributed by atoms with Crippen LogP contribution in [-0.4, -0.2) is 12.7 Å². The Labute approximate surface area is 183 Å². The minimum absolute atomic E-state index is 0.383. The summed E-state index contributed by atoms with van der Waals surface area (Å²) in [6, 6.07) is 10.7. The Morgan fingerprint density at radius 1 is 0.586 bits per heavy atom. The zero-order chi connectivity index (χ0) is 20.8. The van der Waals surface area contributed by atoms with E-state index in [1.807, 2.05) is 0 Å². The van der Waals surface area contributed by atoms with Crippen LogP contribution in [0.25, 0.3) is 0 Å². The van der Waals surface area contributed by atoms with E-state index in [-0.39, 0.29) is 0 Å². The number of hydrogen-bond acceptors (Lipinski definition) is 1. The Morgan fingerprint density at radius 2 is 1.03 bits per heavy atom. The topological polar surface area (TPSA) is 9.23 Å². The molecule has 0 radical (unpaired) electrons. The number of rotatable bonds is 21. The highest BCUT2D eigenvalue weighted by atomic mass is 16.5. The number of benzene rings is 1. The molecule has 29 heavy (non-hydrogen) atoms. The van der Waals surface area contributed by atoms with Gasteiger partial charge >= 0.3 is 0 Å². The fraction of sp³-hybridized carbons (Fsp3) is 0.786. The SMILES string of the molecule is CCCCCCCCCCCCCCCCCCOC(CC)Cc1ccccc1. The quantitative estimate of drug-likeness (QED) is 0.186. The molecule has 0 fully saturated rings. The van der Waals surface area contributed by atoms with Gasteiger partial charge in [-0.05, 0) is 24.8 Å². The summed E-state index contributed by atoms with van der Waals surface area (Å²) in [5, 5.41) is 0. The maximum Gasteiger partial charge on any atom is 0.0612 e. The van der Waals surface area contributed by atoms with E-state index in [1.54, 1.807) is 0 Å². The molecule has 1 aromatic rings. The van der Waals surface area contributed by atoms with Crippen molar-refractivity contribution in [3.8, 4) is 0 Å². The van der Waals surface area contributed by atoms with Crippen LogP contribution in [-0.2, 0) is 11.2 Å². The van der Waals surface area contributed by atoms with E-state index in [4.69, 9.17) is 4.74 Å². The predicted molar refractivity (Wildman–Crippen MR) is 130 cm³/mol. The molecule has 0 heterocycles. The lowest BCUT2D eigenvalue weighted by atomic mass is 10.0. The average Bonchev–Trinajstić information content (AvgIpc) is 2.75. The summed E-state index contributed by atoms with van der Waals surface area (Å²) >= 11 is 0. The molecule has 0 aliphatic heterocycles. The second-order valence-electron chi connectivity index (χ2n) is 8.89. The molecule has 1 aromatic carbocycles. The van der Waals surface area contributed by atoms with Crippen molar-refractivity contribution in [3.63, 3.8) is 0 Å². The fourth-order valence-corrected chi connectivity index (χ4v) is 4.10. The third kappa shape index (κ3) is 16.6. The van der Waals surface area contributed by atoms with Crippen molar-refractivity contribution in [1.29, 1.82) is 0 Å². The van der Waals surface area contributed by atoms with Gasteiger partial charge in [0.15, 0.2) is 0 Å². The van der Waals surface area contributed by atoms with Gasteiger partial charge in [-0.2, -0.15) is 0 Å². The van der Waals surface area contributed by atoms with Crippen LogP contribution < -0.4 is 0 Å². The molecule has 0 bridgehead atoms. The van der Waals surface area contributed by atoms with Crippen molar-refractivity contribution >= 4 is 0 Å². The maximum absolute atomic E-state index is 6.11. The largest absolute Gasteiger partial charge is 0.378 e. The smallest absolute Gasteiger partial charge is 0.0612 e. The van der Waals surface area contributed by atoms with Crippen LogP contribution in [0.4, 0.5) is 0 Å². The van der Waals surface area contributed by atoms with E-state index >= 15 is 0 Å². The van der Waals surface area contributed by atoms with Crippen LogP contribution in [0.15, 0.2) is 30.3 Å². The van der Waals surface area contributed by atoms with Crippen molar-refractivity contribution in [1.82, 2.24) is 0 Å². The molecular weight excluding hydrogens is 352 g/mol. The first-order valence-corrected chi connectivity index (χ1v) is 13.0. The number of hydrogen-bond donors (Lipinski definition) is 0. The van der Waals surface area contributed by atoms with E-state index in [9.17, 15) is 0 Å². The molecule has 1 rings (SSSR count). The molecule has 1 heteroatoms. The Morgan fingerprint density at radius 3 is 1.48 bits per heavy atom. The third-order valence-corrected chi connectivity index (χ3v) is 6.11. The first-order valence-electron chi connectivity index (χ1n) is 13.0. The standard InChI is InChI=1S/C28H50O/c1-3-5-6-7-8-9-10-11-12-13-14-15-16-17-18-22-25-29-28(4-2)26-27-23-20-19-21-24-27/h19-21,23-24,28H,3-18,22,25-26H2,1-2H3. The Bertz CT molecular complexity index is 427. The first kappa shape index (κ1) is 26.2. The van der Waals surface area contributed by atoms with Gasteiger partial charge in [-0.25, -0.2) is 0 Å². The van der Waals surface area contributed by atoms with Gasteiger partial charge < -0.3 is 4.74 Å². The van der Waals surface area contributed by atoms with Gasteiger partial charge in [0, 0.05) is 6.61 Å². The third-order valence-electron chi connectivity index (χ3n) is 6.11. The lowest BCUT2D eigenvalue weighted by Gasteiger charge is -2.16.